The number of phenolic OH excluding ortho intramolecular Hbond substituents is 1. The van der Waals surface area contributed by atoms with Gasteiger partial charge in [-0.15, -0.1) is 5.10 Å². The van der Waals surface area contributed by atoms with E-state index in [9.17, 15) is 9.90 Å². The van der Waals surface area contributed by atoms with E-state index in [-0.39, 0.29) is 22.8 Å². The van der Waals surface area contributed by atoms with Gasteiger partial charge in [0.15, 0.2) is 0 Å². The normalized spacial score (nSPS) is 11.6. The molecule has 4 aromatic rings. The number of nitrogens with one attached hydrogen (secondary N) is 2. The molecule has 9 heteroatoms. The number of benzene rings is 3. The van der Waals surface area contributed by atoms with Crippen LogP contribution in [0.4, 0.5) is 0 Å². The molecule has 8 nitrogen and oxygen atoms in total. The minimum Gasteiger partial charge on any atom is -0.508 e. The first-order valence-corrected chi connectivity index (χ1v) is 12.7. The van der Waals surface area contributed by atoms with Gasteiger partial charge in [0.05, 0.1) is 29.7 Å². The Morgan fingerprint density at radius 1 is 1.14 bits per heavy atom. The molecule has 0 saturated heterocycles. The highest BCUT2D eigenvalue weighted by Gasteiger charge is 2.25. The van der Waals surface area contributed by atoms with Gasteiger partial charge in [-0.05, 0) is 76.8 Å². The zero-order valence-corrected chi connectivity index (χ0v) is 22.0. The van der Waals surface area contributed by atoms with E-state index >= 15 is 0 Å². The molecule has 0 aliphatic carbocycles. The molecule has 1 amide bonds. The standard InChI is InChI=1S/C28H29N5O3S/c1-28(2,3)21-10-8-20(9-11-21)26-31-32-27(33(26)22-12-14-24(36-4)15-13-22)37-18-25(35)30-29-17-19-6-5-7-23(34)16-19/h5-17H,18H2,1-4H3,(H2,30,34,35)/p+1/b29-17+. The number of hydrogen-bond donors (Lipinski definition) is 3. The Morgan fingerprint density at radius 2 is 1.86 bits per heavy atom. The zero-order valence-electron chi connectivity index (χ0n) is 21.2. The van der Waals surface area contributed by atoms with Crippen LogP contribution in [0.2, 0.25) is 0 Å². The summed E-state index contributed by atoms with van der Waals surface area (Å²) in [4.78, 5) is 12.5. The van der Waals surface area contributed by atoms with Gasteiger partial charge < -0.3 is 9.84 Å². The van der Waals surface area contributed by atoms with E-state index in [0.717, 1.165) is 22.8 Å². The van der Waals surface area contributed by atoms with E-state index in [1.807, 2.05) is 28.8 Å². The molecule has 37 heavy (non-hydrogen) atoms. The molecule has 1 heterocycles. The molecule has 0 bridgehead atoms. The number of nitrogens with zero attached hydrogens (tertiary/aromatic N) is 3. The lowest BCUT2D eigenvalue weighted by Crippen LogP contribution is -2.34. The second-order valence-corrected chi connectivity index (χ2v) is 10.3. The second-order valence-electron chi connectivity index (χ2n) is 9.39. The van der Waals surface area contributed by atoms with Gasteiger partial charge in [-0.2, -0.15) is 9.67 Å². The molecule has 0 saturated carbocycles. The smallest absolute Gasteiger partial charge is 0.342 e. The highest BCUT2D eigenvalue weighted by atomic mass is 32.2. The molecule has 0 radical (unpaired) electrons. The van der Waals surface area contributed by atoms with E-state index in [2.05, 4.69) is 65.8 Å². The fraction of sp³-hybridized carbons (Fsp3) is 0.214. The molecule has 4 rings (SSSR count). The van der Waals surface area contributed by atoms with Crippen LogP contribution in [0.3, 0.4) is 0 Å². The monoisotopic (exact) mass is 516 g/mol. The summed E-state index contributed by atoms with van der Waals surface area (Å²) >= 11 is 1.29. The maximum atomic E-state index is 12.5. The molecule has 0 aliphatic heterocycles. The highest BCUT2D eigenvalue weighted by molar-refractivity contribution is 7.99. The molecular formula is C28H30N5O3S+. The first-order valence-electron chi connectivity index (χ1n) is 11.7. The van der Waals surface area contributed by atoms with Crippen LogP contribution in [0.5, 0.6) is 11.5 Å². The number of phenols is 1. The predicted molar refractivity (Wildman–Crippen MR) is 145 cm³/mol. The summed E-state index contributed by atoms with van der Waals surface area (Å²) in [5.74, 6) is 1.52. The predicted octanol–water partition coefficient (Wildman–Crippen LogP) is 4.61. The molecule has 0 unspecified atom stereocenters. The lowest BCUT2D eigenvalue weighted by Gasteiger charge is -2.18. The van der Waals surface area contributed by atoms with Crippen molar-refractivity contribution in [2.45, 2.75) is 31.3 Å². The highest BCUT2D eigenvalue weighted by Crippen LogP contribution is 2.26. The van der Waals surface area contributed by atoms with Crippen molar-refractivity contribution in [1.29, 1.82) is 0 Å². The van der Waals surface area contributed by atoms with Gasteiger partial charge in [0.25, 0.3) is 11.7 Å². The number of methoxy groups -OCH3 is 1. The quantitative estimate of drug-likeness (QED) is 0.137. The van der Waals surface area contributed by atoms with Gasteiger partial charge in [-0.1, -0.05) is 45.0 Å². The maximum Gasteiger partial charge on any atom is 0.342 e. The number of aromatic hydroxyl groups is 1. The average molecular weight is 517 g/mol. The number of ether oxygens (including phenoxy) is 1. The topological polar surface area (TPSA) is 103 Å². The summed E-state index contributed by atoms with van der Waals surface area (Å²) in [5.41, 5.74) is 6.35. The Balaban J connectivity index is 1.55. The van der Waals surface area contributed by atoms with E-state index in [1.165, 1.54) is 23.5 Å². The fourth-order valence-corrected chi connectivity index (χ4v) is 4.39. The Hall–Kier alpha value is -4.11. The largest absolute Gasteiger partial charge is 0.508 e. The van der Waals surface area contributed by atoms with Crippen molar-refractivity contribution in [2.75, 3.05) is 12.9 Å². The van der Waals surface area contributed by atoms with Crippen LogP contribution in [0.15, 0.2) is 83.1 Å². The minimum absolute atomic E-state index is 0.0518. The van der Waals surface area contributed by atoms with Crippen LogP contribution in [-0.4, -0.2) is 40.3 Å². The van der Waals surface area contributed by atoms with Crippen molar-refractivity contribution in [1.82, 2.24) is 15.6 Å². The van der Waals surface area contributed by atoms with Crippen molar-refractivity contribution in [2.24, 2.45) is 5.10 Å². The number of carbonyl (C=O) groups is 1. The lowest BCUT2D eigenvalue weighted by atomic mass is 9.87. The molecule has 0 spiro atoms. The van der Waals surface area contributed by atoms with Crippen LogP contribution in [0.25, 0.3) is 17.1 Å². The third kappa shape index (κ3) is 6.56. The number of H-pyrrole nitrogens is 1. The van der Waals surface area contributed by atoms with E-state index in [4.69, 9.17) is 4.74 Å². The third-order valence-electron chi connectivity index (χ3n) is 5.63. The number of hydrogen-bond acceptors (Lipinski definition) is 6. The van der Waals surface area contributed by atoms with Crippen LogP contribution >= 0.6 is 11.8 Å². The Bertz CT molecular complexity index is 1390. The molecule has 3 N–H and O–H groups in total. The summed E-state index contributed by atoms with van der Waals surface area (Å²) in [6, 6.07) is 22.7. The number of rotatable bonds is 8. The van der Waals surface area contributed by atoms with Crippen molar-refractivity contribution in [3.63, 3.8) is 0 Å². The summed E-state index contributed by atoms with van der Waals surface area (Å²) in [6.45, 7) is 6.55. The summed E-state index contributed by atoms with van der Waals surface area (Å²) in [6.07, 6.45) is 1.48. The first kappa shape index (κ1) is 26.0. The van der Waals surface area contributed by atoms with Gasteiger partial charge in [0, 0.05) is 0 Å². The van der Waals surface area contributed by atoms with Gasteiger partial charge >= 0.3 is 5.16 Å². The summed E-state index contributed by atoms with van der Waals surface area (Å²) in [5, 5.41) is 21.8. The molecule has 1 aromatic heterocycles. The number of thioether (sulfide) groups is 1. The van der Waals surface area contributed by atoms with E-state index in [1.54, 1.807) is 31.4 Å². The second kappa shape index (κ2) is 11.3. The van der Waals surface area contributed by atoms with Crippen molar-refractivity contribution < 1.29 is 19.2 Å². The molecule has 190 valence electrons. The maximum absolute atomic E-state index is 12.5. The SMILES string of the molecule is COc1ccc(-[n+]2c(SCC(=O)N/N=C/c3cccc(O)c3)n[nH]c2-c2ccc(C(C)(C)C)cc2)cc1. The average Bonchev–Trinajstić information content (AvgIpc) is 3.31. The Kier molecular flexibility index (Phi) is 7.93. The van der Waals surface area contributed by atoms with Crippen molar-refractivity contribution in [3.8, 4) is 28.6 Å². The number of amides is 1. The van der Waals surface area contributed by atoms with E-state index < -0.39 is 0 Å². The van der Waals surface area contributed by atoms with Crippen molar-refractivity contribution in [3.05, 3.63) is 83.9 Å². The van der Waals surface area contributed by atoms with Crippen molar-refractivity contribution >= 4 is 23.9 Å². The Labute approximate surface area is 220 Å². The third-order valence-corrected chi connectivity index (χ3v) is 6.57. The number of aromatic nitrogens is 3. The summed E-state index contributed by atoms with van der Waals surface area (Å²) in [7, 11) is 1.63. The number of hydrazone groups is 1. The number of aromatic amines is 1. The van der Waals surface area contributed by atoms with Gasteiger partial charge in [-0.25, -0.2) is 5.43 Å². The van der Waals surface area contributed by atoms with Gasteiger partial charge in [0.1, 0.15) is 17.2 Å². The molecule has 3 aromatic carbocycles. The molecule has 0 atom stereocenters. The molecular weight excluding hydrogens is 486 g/mol. The van der Waals surface area contributed by atoms with Crippen LogP contribution in [-0.2, 0) is 10.2 Å². The number of carbonyl (C=O) groups excluding carboxylic acids is 1. The zero-order chi connectivity index (χ0) is 26.4. The van der Waals surface area contributed by atoms with Gasteiger partial charge in [-0.3, -0.25) is 4.79 Å². The Morgan fingerprint density at radius 3 is 2.51 bits per heavy atom. The van der Waals surface area contributed by atoms with Crippen LogP contribution in [0.1, 0.15) is 31.9 Å². The molecule has 0 aliphatic rings. The summed E-state index contributed by atoms with van der Waals surface area (Å²) < 4.78 is 7.30. The van der Waals surface area contributed by atoms with Crippen LogP contribution < -0.4 is 14.7 Å². The fourth-order valence-electron chi connectivity index (χ4n) is 3.63. The lowest BCUT2D eigenvalue weighted by molar-refractivity contribution is -0.625. The minimum atomic E-state index is -0.276. The van der Waals surface area contributed by atoms with E-state index in [0.29, 0.717) is 10.7 Å². The molecule has 0 fully saturated rings. The first-order chi connectivity index (χ1) is 17.7. The van der Waals surface area contributed by atoms with Crippen LogP contribution in [0, 0.1) is 0 Å². The van der Waals surface area contributed by atoms with Gasteiger partial charge in [0.2, 0.25) is 0 Å².